The second-order valence-corrected chi connectivity index (χ2v) is 10.3. The van der Waals surface area contributed by atoms with Crippen LogP contribution in [0.15, 0.2) is 46.9 Å². The number of benzene rings is 2. The molecule has 0 aromatic heterocycles. The van der Waals surface area contributed by atoms with E-state index >= 15 is 0 Å². The van der Waals surface area contributed by atoms with Gasteiger partial charge in [-0.3, -0.25) is 9.59 Å². The average molecular weight is 530 g/mol. The number of halogens is 1. The number of rotatable bonds is 10. The summed E-state index contributed by atoms with van der Waals surface area (Å²) >= 11 is 3.57. The zero-order valence-corrected chi connectivity index (χ0v) is 22.4. The molecule has 0 bridgehead atoms. The minimum Gasteiger partial charge on any atom is -0.483 e. The SMILES string of the molecule is CCC(C(=O)NC1CCCC1)N(Cc1ccccc1C)C(=O)COc1ccc(C(C)C)cc1Br. The van der Waals surface area contributed by atoms with Gasteiger partial charge >= 0.3 is 0 Å². The van der Waals surface area contributed by atoms with Gasteiger partial charge in [0.05, 0.1) is 4.47 Å². The van der Waals surface area contributed by atoms with Gasteiger partial charge in [0.2, 0.25) is 5.91 Å². The van der Waals surface area contributed by atoms with Gasteiger partial charge in [-0.25, -0.2) is 0 Å². The van der Waals surface area contributed by atoms with Crippen LogP contribution in [-0.2, 0) is 16.1 Å². The molecule has 0 aliphatic heterocycles. The molecule has 1 saturated carbocycles. The molecule has 2 amide bonds. The largest absolute Gasteiger partial charge is 0.483 e. The van der Waals surface area contributed by atoms with Crippen LogP contribution in [0.4, 0.5) is 0 Å². The Bertz CT molecular complexity index is 985. The van der Waals surface area contributed by atoms with E-state index in [2.05, 4.69) is 35.1 Å². The molecule has 34 heavy (non-hydrogen) atoms. The minimum atomic E-state index is -0.539. The first-order valence-corrected chi connectivity index (χ1v) is 13.2. The molecule has 1 unspecified atom stereocenters. The Morgan fingerprint density at radius 1 is 1.15 bits per heavy atom. The summed E-state index contributed by atoms with van der Waals surface area (Å²) in [5.74, 6) is 0.757. The van der Waals surface area contributed by atoms with E-state index in [9.17, 15) is 9.59 Å². The Balaban J connectivity index is 1.78. The van der Waals surface area contributed by atoms with Crippen molar-refractivity contribution in [2.24, 2.45) is 0 Å². The van der Waals surface area contributed by atoms with Crippen LogP contribution in [0.25, 0.3) is 0 Å². The molecule has 5 nitrogen and oxygen atoms in total. The Hall–Kier alpha value is -2.34. The molecular weight excluding hydrogens is 492 g/mol. The van der Waals surface area contributed by atoms with E-state index in [1.54, 1.807) is 4.90 Å². The van der Waals surface area contributed by atoms with Crippen LogP contribution < -0.4 is 10.1 Å². The van der Waals surface area contributed by atoms with Crippen LogP contribution in [0, 0.1) is 6.92 Å². The lowest BCUT2D eigenvalue weighted by Crippen LogP contribution is -2.52. The van der Waals surface area contributed by atoms with E-state index in [4.69, 9.17) is 4.74 Å². The van der Waals surface area contributed by atoms with Crippen LogP contribution in [0.5, 0.6) is 5.75 Å². The average Bonchev–Trinajstić information content (AvgIpc) is 3.32. The summed E-state index contributed by atoms with van der Waals surface area (Å²) in [5, 5.41) is 3.18. The van der Waals surface area contributed by atoms with Crippen LogP contribution in [0.3, 0.4) is 0 Å². The minimum absolute atomic E-state index is 0.0706. The normalized spacial score (nSPS) is 14.8. The van der Waals surface area contributed by atoms with Crippen molar-refractivity contribution < 1.29 is 14.3 Å². The highest BCUT2D eigenvalue weighted by Gasteiger charge is 2.31. The van der Waals surface area contributed by atoms with Gasteiger partial charge in [0.15, 0.2) is 6.61 Å². The third kappa shape index (κ3) is 6.84. The highest BCUT2D eigenvalue weighted by molar-refractivity contribution is 9.10. The number of nitrogens with zero attached hydrogens (tertiary/aromatic N) is 1. The molecular formula is C28H37BrN2O3. The maximum absolute atomic E-state index is 13.5. The topological polar surface area (TPSA) is 58.6 Å². The number of hydrogen-bond acceptors (Lipinski definition) is 3. The molecule has 1 N–H and O–H groups in total. The van der Waals surface area contributed by atoms with E-state index in [1.807, 2.05) is 56.3 Å². The molecule has 1 atom stereocenters. The maximum atomic E-state index is 13.5. The van der Waals surface area contributed by atoms with Gasteiger partial charge in [-0.2, -0.15) is 0 Å². The van der Waals surface area contributed by atoms with Crippen molar-refractivity contribution in [2.45, 2.75) is 84.3 Å². The first-order valence-electron chi connectivity index (χ1n) is 12.4. The smallest absolute Gasteiger partial charge is 0.261 e. The third-order valence-electron chi connectivity index (χ3n) is 6.66. The zero-order chi connectivity index (χ0) is 24.7. The lowest BCUT2D eigenvalue weighted by atomic mass is 10.0. The molecule has 1 aliphatic rings. The second kappa shape index (κ2) is 12.4. The van der Waals surface area contributed by atoms with Crippen molar-refractivity contribution in [3.63, 3.8) is 0 Å². The second-order valence-electron chi connectivity index (χ2n) is 9.50. The molecule has 6 heteroatoms. The predicted octanol–water partition coefficient (Wildman–Crippen LogP) is 6.13. The van der Waals surface area contributed by atoms with Crippen LogP contribution in [-0.4, -0.2) is 35.4 Å². The Morgan fingerprint density at radius 2 is 1.85 bits per heavy atom. The first kappa shape index (κ1) is 26.3. The van der Waals surface area contributed by atoms with Crippen molar-refractivity contribution in [2.75, 3.05) is 6.61 Å². The molecule has 1 fully saturated rings. The summed E-state index contributed by atoms with van der Waals surface area (Å²) in [7, 11) is 0. The molecule has 3 rings (SSSR count). The Kier molecular flexibility index (Phi) is 9.57. The molecule has 0 heterocycles. The summed E-state index contributed by atoms with van der Waals surface area (Å²) in [6.07, 6.45) is 4.86. The summed E-state index contributed by atoms with van der Waals surface area (Å²) in [5.41, 5.74) is 3.33. The number of aryl methyl sites for hydroxylation is 1. The van der Waals surface area contributed by atoms with Gasteiger partial charge in [0, 0.05) is 12.6 Å². The van der Waals surface area contributed by atoms with Crippen LogP contribution in [0.1, 0.15) is 75.5 Å². The van der Waals surface area contributed by atoms with Crippen molar-refractivity contribution in [3.8, 4) is 5.75 Å². The van der Waals surface area contributed by atoms with E-state index < -0.39 is 6.04 Å². The van der Waals surface area contributed by atoms with Crippen molar-refractivity contribution in [1.82, 2.24) is 10.2 Å². The van der Waals surface area contributed by atoms with Gasteiger partial charge in [-0.1, -0.05) is 63.9 Å². The number of carbonyl (C=O) groups is 2. The van der Waals surface area contributed by atoms with Crippen molar-refractivity contribution in [1.29, 1.82) is 0 Å². The van der Waals surface area contributed by atoms with Crippen LogP contribution >= 0.6 is 15.9 Å². The number of ether oxygens (including phenoxy) is 1. The molecule has 0 saturated heterocycles. The fourth-order valence-corrected chi connectivity index (χ4v) is 4.98. The zero-order valence-electron chi connectivity index (χ0n) is 20.8. The molecule has 1 aliphatic carbocycles. The molecule has 184 valence electrons. The van der Waals surface area contributed by atoms with E-state index in [0.29, 0.717) is 24.6 Å². The highest BCUT2D eigenvalue weighted by Crippen LogP contribution is 2.29. The van der Waals surface area contributed by atoms with Gasteiger partial charge in [0.25, 0.3) is 5.91 Å². The number of hydrogen-bond donors (Lipinski definition) is 1. The molecule has 0 radical (unpaired) electrons. The van der Waals surface area contributed by atoms with E-state index in [1.165, 1.54) is 5.56 Å². The standard InChI is InChI=1S/C28H37BrN2O3/c1-5-25(28(33)30-23-12-8-9-13-23)31(17-22-11-7-6-10-20(22)4)27(32)18-34-26-15-14-21(19(2)3)16-24(26)29/h6-7,10-11,14-16,19,23,25H,5,8-9,12-13,17-18H2,1-4H3,(H,30,33). The quantitative estimate of drug-likeness (QED) is 0.403. The summed E-state index contributed by atoms with van der Waals surface area (Å²) in [4.78, 5) is 28.4. The summed E-state index contributed by atoms with van der Waals surface area (Å²) in [6.45, 7) is 8.51. The number of carbonyl (C=O) groups excluding carboxylic acids is 2. The summed E-state index contributed by atoms with van der Waals surface area (Å²) < 4.78 is 6.74. The maximum Gasteiger partial charge on any atom is 0.261 e. The van der Waals surface area contributed by atoms with Crippen LogP contribution in [0.2, 0.25) is 0 Å². The van der Waals surface area contributed by atoms with Gasteiger partial charge < -0.3 is 15.0 Å². The molecule has 2 aromatic rings. The number of amides is 2. The van der Waals surface area contributed by atoms with E-state index in [-0.39, 0.29) is 24.5 Å². The first-order chi connectivity index (χ1) is 16.3. The summed E-state index contributed by atoms with van der Waals surface area (Å²) in [6, 6.07) is 13.6. The lowest BCUT2D eigenvalue weighted by molar-refractivity contribution is -0.143. The van der Waals surface area contributed by atoms with E-state index in [0.717, 1.165) is 41.3 Å². The van der Waals surface area contributed by atoms with Crippen molar-refractivity contribution >= 4 is 27.7 Å². The number of nitrogens with one attached hydrogen (secondary N) is 1. The monoisotopic (exact) mass is 528 g/mol. The fourth-order valence-electron chi connectivity index (χ4n) is 4.47. The van der Waals surface area contributed by atoms with Gasteiger partial charge in [-0.15, -0.1) is 0 Å². The Morgan fingerprint density at radius 3 is 2.47 bits per heavy atom. The lowest BCUT2D eigenvalue weighted by Gasteiger charge is -2.32. The highest BCUT2D eigenvalue weighted by atomic mass is 79.9. The van der Waals surface area contributed by atoms with Crippen molar-refractivity contribution in [3.05, 3.63) is 63.6 Å². The Labute approximate surface area is 212 Å². The third-order valence-corrected chi connectivity index (χ3v) is 7.28. The fraction of sp³-hybridized carbons (Fsp3) is 0.500. The van der Waals surface area contributed by atoms with Gasteiger partial charge in [0.1, 0.15) is 11.8 Å². The molecule has 2 aromatic carbocycles. The predicted molar refractivity (Wildman–Crippen MR) is 140 cm³/mol. The van der Waals surface area contributed by atoms with Gasteiger partial charge in [-0.05, 0) is 76.9 Å². The molecule has 0 spiro atoms.